The van der Waals surface area contributed by atoms with Crippen LogP contribution in [-0.2, 0) is 12.8 Å². The lowest BCUT2D eigenvalue weighted by atomic mass is 10.2. The number of hydrogen-bond acceptors (Lipinski definition) is 6. The molecule has 0 saturated carbocycles. The number of thioether (sulfide) groups is 1. The summed E-state index contributed by atoms with van der Waals surface area (Å²) in [5.41, 5.74) is 0.520. The zero-order valence-corrected chi connectivity index (χ0v) is 14.0. The first-order valence-electron chi connectivity index (χ1n) is 6.60. The molecule has 0 unspecified atom stereocenters. The van der Waals surface area contributed by atoms with Gasteiger partial charge in [0.2, 0.25) is 0 Å². The molecule has 0 atom stereocenters. The number of imidazole rings is 1. The standard InChI is InChI=1S/C14H14N4O2S2/c1-7-10-12(20)16-9(6-21-14-15-4-5-18(14)3)17-13(10)22-11(7)8(2)19/h4-5H,6H2,1-3H3,(H,16,17,20). The third-order valence-electron chi connectivity index (χ3n) is 3.28. The highest BCUT2D eigenvalue weighted by atomic mass is 32.2. The molecule has 8 heteroatoms. The molecule has 0 radical (unpaired) electrons. The van der Waals surface area contributed by atoms with Crippen LogP contribution in [0.15, 0.2) is 22.3 Å². The van der Waals surface area contributed by atoms with Gasteiger partial charge in [-0.2, -0.15) is 0 Å². The van der Waals surface area contributed by atoms with Crippen molar-refractivity contribution in [1.29, 1.82) is 0 Å². The monoisotopic (exact) mass is 334 g/mol. The second-order valence-electron chi connectivity index (χ2n) is 4.91. The molecule has 6 nitrogen and oxygen atoms in total. The maximum Gasteiger partial charge on any atom is 0.259 e. The van der Waals surface area contributed by atoms with E-state index in [-0.39, 0.29) is 11.3 Å². The Morgan fingerprint density at radius 3 is 2.91 bits per heavy atom. The number of aromatic amines is 1. The second-order valence-corrected chi connectivity index (χ2v) is 6.86. The number of aryl methyl sites for hydroxylation is 2. The molecule has 0 aliphatic carbocycles. The number of nitrogens with zero attached hydrogens (tertiary/aromatic N) is 3. The minimum absolute atomic E-state index is 0.0381. The number of ketones is 1. The highest BCUT2D eigenvalue weighted by molar-refractivity contribution is 7.98. The van der Waals surface area contributed by atoms with Crippen LogP contribution in [0.2, 0.25) is 0 Å². The predicted molar refractivity (Wildman–Crippen MR) is 87.8 cm³/mol. The lowest BCUT2D eigenvalue weighted by Gasteiger charge is -2.01. The van der Waals surface area contributed by atoms with Crippen LogP contribution in [0.1, 0.15) is 28.0 Å². The molecule has 0 aliphatic heterocycles. The molecule has 22 heavy (non-hydrogen) atoms. The molecule has 0 fully saturated rings. The summed E-state index contributed by atoms with van der Waals surface area (Å²) < 4.78 is 1.91. The number of carbonyl (C=O) groups excluding carboxylic acids is 1. The number of hydrogen-bond donors (Lipinski definition) is 1. The average Bonchev–Trinajstić information content (AvgIpc) is 3.00. The van der Waals surface area contributed by atoms with Gasteiger partial charge in [0.25, 0.3) is 5.56 Å². The Morgan fingerprint density at radius 1 is 1.50 bits per heavy atom. The largest absolute Gasteiger partial charge is 0.329 e. The van der Waals surface area contributed by atoms with E-state index in [0.717, 1.165) is 5.16 Å². The van der Waals surface area contributed by atoms with E-state index in [4.69, 9.17) is 0 Å². The molecule has 3 aromatic heterocycles. The quantitative estimate of drug-likeness (QED) is 0.586. The summed E-state index contributed by atoms with van der Waals surface area (Å²) in [6, 6.07) is 0. The van der Waals surface area contributed by atoms with Crippen LogP contribution in [0.25, 0.3) is 10.2 Å². The van der Waals surface area contributed by atoms with Crippen LogP contribution in [-0.4, -0.2) is 25.3 Å². The highest BCUT2D eigenvalue weighted by Gasteiger charge is 2.17. The topological polar surface area (TPSA) is 80.6 Å². The van der Waals surface area contributed by atoms with Crippen molar-refractivity contribution in [3.05, 3.63) is 39.0 Å². The van der Waals surface area contributed by atoms with E-state index in [2.05, 4.69) is 15.0 Å². The molecule has 3 heterocycles. The molecule has 0 saturated heterocycles. The molecular formula is C14H14N4O2S2. The van der Waals surface area contributed by atoms with E-state index in [1.165, 1.54) is 30.0 Å². The van der Waals surface area contributed by atoms with Crippen molar-refractivity contribution in [2.24, 2.45) is 7.05 Å². The highest BCUT2D eigenvalue weighted by Crippen LogP contribution is 2.28. The van der Waals surface area contributed by atoms with Crippen LogP contribution in [0.5, 0.6) is 0 Å². The first-order valence-corrected chi connectivity index (χ1v) is 8.41. The molecule has 0 spiro atoms. The van der Waals surface area contributed by atoms with Crippen molar-refractivity contribution in [2.45, 2.75) is 24.8 Å². The van der Waals surface area contributed by atoms with Gasteiger partial charge in [0, 0.05) is 19.4 Å². The summed E-state index contributed by atoms with van der Waals surface area (Å²) in [6.45, 7) is 3.29. The van der Waals surface area contributed by atoms with Crippen LogP contribution < -0.4 is 5.56 Å². The van der Waals surface area contributed by atoms with Gasteiger partial charge in [-0.3, -0.25) is 9.59 Å². The van der Waals surface area contributed by atoms with Crippen LogP contribution in [0.4, 0.5) is 0 Å². The Morgan fingerprint density at radius 2 is 2.27 bits per heavy atom. The van der Waals surface area contributed by atoms with Gasteiger partial charge in [-0.1, -0.05) is 11.8 Å². The number of H-pyrrole nitrogens is 1. The minimum Gasteiger partial charge on any atom is -0.329 e. The zero-order chi connectivity index (χ0) is 15.9. The first-order chi connectivity index (χ1) is 10.5. The Balaban J connectivity index is 1.97. The number of thiophene rings is 1. The van der Waals surface area contributed by atoms with Gasteiger partial charge in [-0.15, -0.1) is 11.3 Å². The summed E-state index contributed by atoms with van der Waals surface area (Å²) in [7, 11) is 1.91. The van der Waals surface area contributed by atoms with Crippen LogP contribution >= 0.6 is 23.1 Å². The summed E-state index contributed by atoms with van der Waals surface area (Å²) in [4.78, 5) is 36.6. The summed E-state index contributed by atoms with van der Waals surface area (Å²) >= 11 is 2.77. The van der Waals surface area contributed by atoms with Crippen molar-refractivity contribution >= 4 is 39.1 Å². The third kappa shape index (κ3) is 2.59. The van der Waals surface area contributed by atoms with Crippen molar-refractivity contribution < 1.29 is 4.79 Å². The SMILES string of the molecule is CC(=O)c1sc2nc(CSc3nccn3C)[nH]c(=O)c2c1C. The van der Waals surface area contributed by atoms with Gasteiger partial charge >= 0.3 is 0 Å². The van der Waals surface area contributed by atoms with Gasteiger partial charge in [0.15, 0.2) is 10.9 Å². The van der Waals surface area contributed by atoms with E-state index in [0.29, 0.717) is 32.2 Å². The van der Waals surface area contributed by atoms with E-state index in [1.54, 1.807) is 13.1 Å². The van der Waals surface area contributed by atoms with Crippen molar-refractivity contribution in [2.75, 3.05) is 0 Å². The van der Waals surface area contributed by atoms with E-state index in [1.807, 2.05) is 17.8 Å². The Bertz CT molecular complexity index is 923. The zero-order valence-electron chi connectivity index (χ0n) is 12.3. The van der Waals surface area contributed by atoms with Crippen molar-refractivity contribution in [3.63, 3.8) is 0 Å². The normalized spacial score (nSPS) is 11.2. The van der Waals surface area contributed by atoms with Gasteiger partial charge in [-0.25, -0.2) is 9.97 Å². The molecule has 0 aromatic carbocycles. The van der Waals surface area contributed by atoms with Gasteiger partial charge in [0.05, 0.1) is 16.0 Å². The molecule has 0 amide bonds. The molecule has 0 bridgehead atoms. The summed E-state index contributed by atoms with van der Waals surface area (Å²) in [5.74, 6) is 1.06. The van der Waals surface area contributed by atoms with Gasteiger partial charge in [0.1, 0.15) is 10.7 Å². The van der Waals surface area contributed by atoms with Crippen molar-refractivity contribution in [3.8, 4) is 0 Å². The lowest BCUT2D eigenvalue weighted by Crippen LogP contribution is -2.11. The molecule has 114 valence electrons. The molecule has 3 aromatic rings. The molecule has 1 N–H and O–H groups in total. The fraction of sp³-hybridized carbons (Fsp3) is 0.286. The molecule has 3 rings (SSSR count). The van der Waals surface area contributed by atoms with Crippen LogP contribution in [0.3, 0.4) is 0 Å². The van der Waals surface area contributed by atoms with Crippen LogP contribution in [0, 0.1) is 6.92 Å². The minimum atomic E-state index is -0.193. The second kappa shape index (κ2) is 5.69. The van der Waals surface area contributed by atoms with Crippen molar-refractivity contribution in [1.82, 2.24) is 19.5 Å². The van der Waals surface area contributed by atoms with E-state index >= 15 is 0 Å². The lowest BCUT2D eigenvalue weighted by molar-refractivity contribution is 0.102. The number of fused-ring (bicyclic) bond motifs is 1. The Kier molecular flexibility index (Phi) is 3.88. The number of aromatic nitrogens is 4. The maximum absolute atomic E-state index is 12.3. The number of rotatable bonds is 4. The first kappa shape index (κ1) is 15.0. The fourth-order valence-electron chi connectivity index (χ4n) is 2.22. The number of nitrogens with one attached hydrogen (secondary N) is 1. The maximum atomic E-state index is 12.3. The predicted octanol–water partition coefficient (Wildman–Crippen LogP) is 2.52. The molecular weight excluding hydrogens is 320 g/mol. The third-order valence-corrected chi connectivity index (χ3v) is 5.64. The number of Topliss-reactive ketones (excluding diaryl/α,β-unsaturated/α-hetero) is 1. The Labute approximate surface area is 134 Å². The van der Waals surface area contributed by atoms with Gasteiger partial charge in [-0.05, 0) is 19.4 Å². The van der Waals surface area contributed by atoms with E-state index < -0.39 is 0 Å². The summed E-state index contributed by atoms with van der Waals surface area (Å²) in [6.07, 6.45) is 3.59. The smallest absolute Gasteiger partial charge is 0.259 e. The van der Waals surface area contributed by atoms with Gasteiger partial charge < -0.3 is 9.55 Å². The number of carbonyl (C=O) groups is 1. The average molecular weight is 334 g/mol. The molecule has 0 aliphatic rings. The fourth-order valence-corrected chi connectivity index (χ4v) is 4.11. The summed E-state index contributed by atoms with van der Waals surface area (Å²) in [5, 5.41) is 1.37. The Hall–Kier alpha value is -1.93. The van der Waals surface area contributed by atoms with E-state index in [9.17, 15) is 9.59 Å².